The molecule has 1 aliphatic heterocycles. The maximum atomic E-state index is 10.3. The Hall–Kier alpha value is -4.24. The zero-order valence-electron chi connectivity index (χ0n) is 18.1. The first-order valence-electron chi connectivity index (χ1n) is 10.7. The molecule has 0 saturated heterocycles. The molecular weight excluding hydrogens is 438 g/mol. The fraction of sp³-hybridized carbons (Fsp3) is 0.200. The Morgan fingerprint density at radius 1 is 0.941 bits per heavy atom. The number of phenolic OH excluding ortho intramolecular Hbond substituents is 4. The van der Waals surface area contributed by atoms with Gasteiger partial charge in [-0.1, -0.05) is 41.6 Å². The molecule has 1 aromatic heterocycles. The summed E-state index contributed by atoms with van der Waals surface area (Å²) in [7, 11) is 0. The third-order valence-corrected chi connectivity index (χ3v) is 5.71. The highest BCUT2D eigenvalue weighted by atomic mass is 16.5. The molecule has 0 aliphatic carbocycles. The quantitative estimate of drug-likeness (QED) is 0.322. The minimum Gasteiger partial charge on any atom is -0.508 e. The summed E-state index contributed by atoms with van der Waals surface area (Å²) in [5.74, 6) is -0.429. The smallest absolute Gasteiger partial charge is 0.157 e. The van der Waals surface area contributed by atoms with E-state index < -0.39 is 12.2 Å². The van der Waals surface area contributed by atoms with Crippen LogP contribution in [0.5, 0.6) is 28.7 Å². The summed E-state index contributed by atoms with van der Waals surface area (Å²) >= 11 is 0. The van der Waals surface area contributed by atoms with Crippen molar-refractivity contribution in [2.45, 2.75) is 31.8 Å². The first kappa shape index (κ1) is 21.6. The summed E-state index contributed by atoms with van der Waals surface area (Å²) in [6, 6.07) is 17.0. The van der Waals surface area contributed by atoms with Crippen LogP contribution in [0.4, 0.5) is 0 Å². The Morgan fingerprint density at radius 3 is 2.56 bits per heavy atom. The third kappa shape index (κ3) is 4.46. The molecular formula is C25H23N3O6. The number of benzene rings is 3. The number of hydrogen-bond donors (Lipinski definition) is 4. The van der Waals surface area contributed by atoms with Gasteiger partial charge in [0.25, 0.3) is 0 Å². The molecule has 0 saturated carbocycles. The largest absolute Gasteiger partial charge is 0.508 e. The molecule has 0 radical (unpaired) electrons. The number of hydrogen-bond acceptors (Lipinski definition) is 8. The Kier molecular flexibility index (Phi) is 5.69. The topological polar surface area (TPSA) is 130 Å². The highest BCUT2D eigenvalue weighted by Crippen LogP contribution is 2.43. The van der Waals surface area contributed by atoms with E-state index in [1.165, 1.54) is 24.3 Å². The summed E-state index contributed by atoms with van der Waals surface area (Å²) < 4.78 is 14.0. The lowest BCUT2D eigenvalue weighted by atomic mass is 9.93. The van der Waals surface area contributed by atoms with E-state index in [4.69, 9.17) is 9.47 Å². The van der Waals surface area contributed by atoms with Crippen LogP contribution in [-0.4, -0.2) is 41.5 Å². The molecule has 0 unspecified atom stereocenters. The van der Waals surface area contributed by atoms with Crippen molar-refractivity contribution in [3.05, 3.63) is 89.2 Å². The molecule has 9 nitrogen and oxygen atoms in total. The number of aromatic nitrogens is 3. The zero-order valence-corrected chi connectivity index (χ0v) is 18.1. The van der Waals surface area contributed by atoms with E-state index in [0.29, 0.717) is 35.5 Å². The van der Waals surface area contributed by atoms with Gasteiger partial charge >= 0.3 is 0 Å². The van der Waals surface area contributed by atoms with Crippen molar-refractivity contribution in [3.63, 3.8) is 0 Å². The average molecular weight is 461 g/mol. The van der Waals surface area contributed by atoms with Crippen molar-refractivity contribution in [1.29, 1.82) is 0 Å². The molecule has 0 fully saturated rings. The third-order valence-electron chi connectivity index (χ3n) is 5.71. The van der Waals surface area contributed by atoms with E-state index >= 15 is 0 Å². The van der Waals surface area contributed by atoms with Crippen LogP contribution >= 0.6 is 0 Å². The standard InChI is InChI=1S/C25H23N3O6/c29-18-9-21(31)19-11-24(25(34-23(19)10-18)16-6-7-20(30)22(32)8-16)33-14-17-13-28(27-26-17)12-15-4-2-1-3-5-15/h1-10,13,24-25,29-32H,11-12,14H2/t24-,25-/m1/s1. The second-order valence-corrected chi connectivity index (χ2v) is 8.17. The molecule has 174 valence electrons. The van der Waals surface area contributed by atoms with Crippen LogP contribution in [0.1, 0.15) is 28.5 Å². The lowest BCUT2D eigenvalue weighted by molar-refractivity contribution is -0.0476. The highest BCUT2D eigenvalue weighted by molar-refractivity contribution is 5.52. The summed E-state index contributed by atoms with van der Waals surface area (Å²) in [5, 5.41) is 48.2. The molecule has 4 N–H and O–H groups in total. The van der Waals surface area contributed by atoms with Crippen LogP contribution in [0.2, 0.25) is 0 Å². The van der Waals surface area contributed by atoms with E-state index in [1.54, 1.807) is 10.7 Å². The first-order chi connectivity index (χ1) is 16.5. The lowest BCUT2D eigenvalue weighted by Gasteiger charge is -2.34. The van der Waals surface area contributed by atoms with Crippen molar-refractivity contribution in [2.24, 2.45) is 0 Å². The van der Waals surface area contributed by atoms with Crippen molar-refractivity contribution in [1.82, 2.24) is 15.0 Å². The number of nitrogens with zero attached hydrogens (tertiary/aromatic N) is 3. The first-order valence-corrected chi connectivity index (χ1v) is 10.7. The van der Waals surface area contributed by atoms with Crippen LogP contribution in [0.3, 0.4) is 0 Å². The predicted molar refractivity (Wildman–Crippen MR) is 121 cm³/mol. The Balaban J connectivity index is 1.37. The number of rotatable bonds is 6. The molecule has 0 spiro atoms. The summed E-state index contributed by atoms with van der Waals surface area (Å²) in [6.45, 7) is 0.734. The van der Waals surface area contributed by atoms with Gasteiger partial charge in [-0.05, 0) is 23.3 Å². The van der Waals surface area contributed by atoms with Gasteiger partial charge in [0.2, 0.25) is 0 Å². The van der Waals surface area contributed by atoms with Gasteiger partial charge in [-0.2, -0.15) is 0 Å². The highest BCUT2D eigenvalue weighted by Gasteiger charge is 2.34. The lowest BCUT2D eigenvalue weighted by Crippen LogP contribution is -2.33. The van der Waals surface area contributed by atoms with Gasteiger partial charge in [0.05, 0.1) is 19.3 Å². The van der Waals surface area contributed by atoms with Gasteiger partial charge in [-0.3, -0.25) is 0 Å². The fourth-order valence-corrected chi connectivity index (χ4v) is 4.04. The predicted octanol–water partition coefficient (Wildman–Crippen LogP) is 3.41. The van der Waals surface area contributed by atoms with Crippen molar-refractivity contribution in [2.75, 3.05) is 0 Å². The molecule has 0 bridgehead atoms. The van der Waals surface area contributed by atoms with E-state index in [2.05, 4.69) is 10.3 Å². The van der Waals surface area contributed by atoms with Gasteiger partial charge in [0.1, 0.15) is 29.0 Å². The van der Waals surface area contributed by atoms with Crippen LogP contribution < -0.4 is 4.74 Å². The minimum absolute atomic E-state index is 0.0931. The second-order valence-electron chi connectivity index (χ2n) is 8.17. The second kappa shape index (κ2) is 8.95. The maximum Gasteiger partial charge on any atom is 0.157 e. The van der Waals surface area contributed by atoms with Crippen LogP contribution in [-0.2, 0) is 24.3 Å². The van der Waals surface area contributed by atoms with Crippen LogP contribution in [0, 0.1) is 0 Å². The van der Waals surface area contributed by atoms with E-state index in [-0.39, 0.29) is 29.6 Å². The molecule has 2 heterocycles. The molecule has 0 amide bonds. The van der Waals surface area contributed by atoms with Gasteiger partial charge < -0.3 is 29.9 Å². The Morgan fingerprint density at radius 2 is 1.76 bits per heavy atom. The van der Waals surface area contributed by atoms with Gasteiger partial charge in [-0.15, -0.1) is 5.10 Å². The molecule has 9 heteroatoms. The molecule has 5 rings (SSSR count). The normalized spacial score (nSPS) is 17.2. The average Bonchev–Trinajstić information content (AvgIpc) is 3.27. The number of phenols is 4. The maximum absolute atomic E-state index is 10.3. The van der Waals surface area contributed by atoms with E-state index in [0.717, 1.165) is 5.56 Å². The molecule has 3 aromatic carbocycles. The van der Waals surface area contributed by atoms with Gasteiger partial charge in [-0.25, -0.2) is 4.68 Å². The van der Waals surface area contributed by atoms with Crippen molar-refractivity contribution < 1.29 is 29.9 Å². The molecule has 4 aromatic rings. The van der Waals surface area contributed by atoms with Crippen molar-refractivity contribution >= 4 is 0 Å². The zero-order chi connectivity index (χ0) is 23.7. The monoisotopic (exact) mass is 461 g/mol. The number of aromatic hydroxyl groups is 4. The van der Waals surface area contributed by atoms with Gasteiger partial charge in [0, 0.05) is 24.1 Å². The molecule has 34 heavy (non-hydrogen) atoms. The summed E-state index contributed by atoms with van der Waals surface area (Å²) in [4.78, 5) is 0. The fourth-order valence-electron chi connectivity index (χ4n) is 4.04. The van der Waals surface area contributed by atoms with Crippen molar-refractivity contribution in [3.8, 4) is 28.7 Å². The Labute approximate surface area is 195 Å². The summed E-state index contributed by atoms with van der Waals surface area (Å²) in [5.41, 5.74) is 2.81. The number of fused-ring (bicyclic) bond motifs is 1. The minimum atomic E-state index is -0.667. The van der Waals surface area contributed by atoms with Crippen LogP contribution in [0.25, 0.3) is 0 Å². The molecule has 1 aliphatic rings. The van der Waals surface area contributed by atoms with E-state index in [1.807, 2.05) is 36.5 Å². The Bertz CT molecular complexity index is 1310. The van der Waals surface area contributed by atoms with Crippen LogP contribution in [0.15, 0.2) is 66.9 Å². The summed E-state index contributed by atoms with van der Waals surface area (Å²) in [6.07, 6.45) is 0.888. The van der Waals surface area contributed by atoms with Gasteiger partial charge in [0.15, 0.2) is 17.6 Å². The van der Waals surface area contributed by atoms with E-state index in [9.17, 15) is 20.4 Å². The number of ether oxygens (including phenoxy) is 2. The molecule has 2 atom stereocenters. The SMILES string of the molecule is Oc1cc(O)c2c(c1)O[C@H](c1ccc(O)c(O)c1)[C@H](OCc1cn(Cc3ccccc3)nn1)C2.